The molecule has 0 bridgehead atoms. The van der Waals surface area contributed by atoms with Gasteiger partial charge >= 0.3 is 0 Å². The van der Waals surface area contributed by atoms with Gasteiger partial charge in [-0.05, 0) is 25.4 Å². The summed E-state index contributed by atoms with van der Waals surface area (Å²) in [6.45, 7) is 9.94. The minimum atomic E-state index is -0.213. The predicted molar refractivity (Wildman–Crippen MR) is 73.0 cm³/mol. The molecule has 1 amide bonds. The van der Waals surface area contributed by atoms with Crippen LogP contribution in [0.1, 0.15) is 27.7 Å². The summed E-state index contributed by atoms with van der Waals surface area (Å²) in [4.78, 5) is 13.8. The molecule has 0 aliphatic carbocycles. The van der Waals surface area contributed by atoms with Crippen molar-refractivity contribution in [3.8, 4) is 0 Å². The van der Waals surface area contributed by atoms with Gasteiger partial charge in [0, 0.05) is 13.1 Å². The van der Waals surface area contributed by atoms with E-state index in [1.54, 1.807) is 0 Å². The van der Waals surface area contributed by atoms with Gasteiger partial charge in [0.05, 0.1) is 5.25 Å². The smallest absolute Gasteiger partial charge is 0.233 e. The SMILES string of the molecule is CC(C)C(S)C(=O)NCC(C)(C)CN(C)C. The Kier molecular flexibility index (Phi) is 6.41. The number of nitrogens with zero attached hydrogens (tertiary/aromatic N) is 1. The topological polar surface area (TPSA) is 32.3 Å². The van der Waals surface area contributed by atoms with E-state index in [0.29, 0.717) is 6.54 Å². The highest BCUT2D eigenvalue weighted by Gasteiger charge is 2.23. The maximum absolute atomic E-state index is 11.7. The van der Waals surface area contributed by atoms with E-state index in [4.69, 9.17) is 0 Å². The first-order valence-corrected chi connectivity index (χ1v) is 6.28. The summed E-state index contributed by atoms with van der Waals surface area (Å²) in [7, 11) is 4.08. The van der Waals surface area contributed by atoms with Crippen molar-refractivity contribution in [1.29, 1.82) is 0 Å². The zero-order valence-corrected chi connectivity index (χ0v) is 12.3. The van der Waals surface area contributed by atoms with Gasteiger partial charge in [0.1, 0.15) is 0 Å². The molecule has 16 heavy (non-hydrogen) atoms. The standard InChI is InChI=1S/C12H26N2OS/c1-9(2)10(16)11(15)13-7-12(3,4)8-14(5)6/h9-10,16H,7-8H2,1-6H3,(H,13,15). The van der Waals surface area contributed by atoms with Crippen molar-refractivity contribution in [2.75, 3.05) is 27.2 Å². The quantitative estimate of drug-likeness (QED) is 0.699. The summed E-state index contributed by atoms with van der Waals surface area (Å²) in [5.41, 5.74) is 0.0869. The van der Waals surface area contributed by atoms with Gasteiger partial charge in [0.2, 0.25) is 5.91 Å². The maximum atomic E-state index is 11.7. The Bertz CT molecular complexity index is 227. The minimum Gasteiger partial charge on any atom is -0.355 e. The molecule has 0 rings (SSSR count). The van der Waals surface area contributed by atoms with E-state index in [9.17, 15) is 4.79 Å². The lowest BCUT2D eigenvalue weighted by atomic mass is 9.93. The number of nitrogens with one attached hydrogen (secondary N) is 1. The lowest BCUT2D eigenvalue weighted by Crippen LogP contribution is -2.43. The average Bonchev–Trinajstić information content (AvgIpc) is 2.10. The van der Waals surface area contributed by atoms with Crippen LogP contribution in [0.4, 0.5) is 0 Å². The number of rotatable bonds is 6. The molecule has 0 aromatic rings. The van der Waals surface area contributed by atoms with Gasteiger partial charge in [-0.1, -0.05) is 27.7 Å². The van der Waals surface area contributed by atoms with Crippen molar-refractivity contribution in [2.45, 2.75) is 32.9 Å². The second-order valence-corrected chi connectivity index (χ2v) is 6.36. The van der Waals surface area contributed by atoms with E-state index in [0.717, 1.165) is 6.54 Å². The molecular weight excluding hydrogens is 220 g/mol. The number of thiol groups is 1. The largest absolute Gasteiger partial charge is 0.355 e. The fourth-order valence-corrected chi connectivity index (χ4v) is 1.74. The second-order valence-electron chi connectivity index (χ2n) is 5.81. The van der Waals surface area contributed by atoms with E-state index >= 15 is 0 Å². The van der Waals surface area contributed by atoms with Gasteiger partial charge in [-0.3, -0.25) is 4.79 Å². The van der Waals surface area contributed by atoms with Crippen LogP contribution >= 0.6 is 12.6 Å². The molecule has 0 fully saturated rings. The number of carbonyl (C=O) groups is 1. The maximum Gasteiger partial charge on any atom is 0.233 e. The lowest BCUT2D eigenvalue weighted by Gasteiger charge is -2.29. The fraction of sp³-hybridized carbons (Fsp3) is 0.917. The predicted octanol–water partition coefficient (Wildman–Crippen LogP) is 1.64. The summed E-state index contributed by atoms with van der Waals surface area (Å²) in [6, 6.07) is 0. The number of carbonyl (C=O) groups excluding carboxylic acids is 1. The first kappa shape index (κ1) is 15.8. The van der Waals surface area contributed by atoms with Gasteiger partial charge in [-0.15, -0.1) is 0 Å². The fourth-order valence-electron chi connectivity index (χ4n) is 1.65. The zero-order chi connectivity index (χ0) is 12.9. The highest BCUT2D eigenvalue weighted by atomic mass is 32.1. The molecule has 0 aliphatic rings. The Morgan fingerprint density at radius 2 is 1.88 bits per heavy atom. The summed E-state index contributed by atoms with van der Waals surface area (Å²) < 4.78 is 0. The minimum absolute atomic E-state index is 0.0326. The molecule has 0 radical (unpaired) electrons. The Morgan fingerprint density at radius 1 is 1.38 bits per heavy atom. The molecule has 0 heterocycles. The third-order valence-corrected chi connectivity index (χ3v) is 3.22. The van der Waals surface area contributed by atoms with Crippen LogP contribution in [0.15, 0.2) is 0 Å². The molecule has 4 heteroatoms. The monoisotopic (exact) mass is 246 g/mol. The van der Waals surface area contributed by atoms with Crippen LogP contribution in [0.2, 0.25) is 0 Å². The normalized spacial score (nSPS) is 14.3. The van der Waals surface area contributed by atoms with E-state index in [2.05, 4.69) is 36.7 Å². The third-order valence-electron chi connectivity index (χ3n) is 2.39. The lowest BCUT2D eigenvalue weighted by molar-refractivity contribution is -0.121. The van der Waals surface area contributed by atoms with E-state index in [1.807, 2.05) is 27.9 Å². The van der Waals surface area contributed by atoms with Crippen molar-refractivity contribution in [3.63, 3.8) is 0 Å². The van der Waals surface area contributed by atoms with Crippen molar-refractivity contribution in [3.05, 3.63) is 0 Å². The van der Waals surface area contributed by atoms with Crippen LogP contribution < -0.4 is 5.32 Å². The van der Waals surface area contributed by atoms with Crippen molar-refractivity contribution in [1.82, 2.24) is 10.2 Å². The molecule has 1 N–H and O–H groups in total. The summed E-state index contributed by atoms with van der Waals surface area (Å²) >= 11 is 4.30. The zero-order valence-electron chi connectivity index (χ0n) is 11.4. The first-order chi connectivity index (χ1) is 7.15. The molecule has 0 saturated heterocycles. The Labute approximate surface area is 105 Å². The molecule has 0 saturated carbocycles. The number of hydrogen-bond acceptors (Lipinski definition) is 3. The van der Waals surface area contributed by atoms with Crippen LogP contribution in [0.5, 0.6) is 0 Å². The molecule has 0 aromatic carbocycles. The van der Waals surface area contributed by atoms with Gasteiger partial charge in [0.25, 0.3) is 0 Å². The van der Waals surface area contributed by atoms with Gasteiger partial charge in [-0.25, -0.2) is 0 Å². The molecule has 1 unspecified atom stereocenters. The highest BCUT2D eigenvalue weighted by Crippen LogP contribution is 2.15. The van der Waals surface area contributed by atoms with Crippen LogP contribution in [0.3, 0.4) is 0 Å². The van der Waals surface area contributed by atoms with Crippen LogP contribution in [0.25, 0.3) is 0 Å². The number of hydrogen-bond donors (Lipinski definition) is 2. The van der Waals surface area contributed by atoms with E-state index in [1.165, 1.54) is 0 Å². The van der Waals surface area contributed by atoms with Gasteiger partial charge in [0.15, 0.2) is 0 Å². The van der Waals surface area contributed by atoms with Crippen molar-refractivity contribution >= 4 is 18.5 Å². The summed E-state index contributed by atoms with van der Waals surface area (Å²) in [5.74, 6) is 0.297. The molecular formula is C12H26N2OS. The summed E-state index contributed by atoms with van der Waals surface area (Å²) in [5, 5.41) is 2.75. The highest BCUT2D eigenvalue weighted by molar-refractivity contribution is 7.81. The van der Waals surface area contributed by atoms with Crippen molar-refractivity contribution < 1.29 is 4.79 Å². The second kappa shape index (κ2) is 6.50. The molecule has 96 valence electrons. The molecule has 3 nitrogen and oxygen atoms in total. The Morgan fingerprint density at radius 3 is 2.25 bits per heavy atom. The molecule has 0 aliphatic heterocycles. The van der Waals surface area contributed by atoms with E-state index < -0.39 is 0 Å². The first-order valence-electron chi connectivity index (χ1n) is 5.76. The van der Waals surface area contributed by atoms with E-state index in [-0.39, 0.29) is 22.5 Å². The molecule has 1 atom stereocenters. The van der Waals surface area contributed by atoms with Crippen LogP contribution in [0, 0.1) is 11.3 Å². The average molecular weight is 246 g/mol. The molecule has 0 spiro atoms. The summed E-state index contributed by atoms with van der Waals surface area (Å²) in [6.07, 6.45) is 0. The van der Waals surface area contributed by atoms with Gasteiger partial charge in [-0.2, -0.15) is 12.6 Å². The van der Waals surface area contributed by atoms with Crippen LogP contribution in [-0.4, -0.2) is 43.2 Å². The molecule has 0 aromatic heterocycles. The Hall–Kier alpha value is -0.220. The Balaban J connectivity index is 4.09. The van der Waals surface area contributed by atoms with Gasteiger partial charge < -0.3 is 10.2 Å². The third kappa shape index (κ3) is 6.38. The van der Waals surface area contributed by atoms with Crippen molar-refractivity contribution in [2.24, 2.45) is 11.3 Å². The van der Waals surface area contributed by atoms with Crippen LogP contribution in [-0.2, 0) is 4.79 Å². The number of amides is 1.